The third-order valence-electron chi connectivity index (χ3n) is 5.69. The molecule has 1 atom stereocenters. The molecular weight excluding hydrogens is 360 g/mol. The Morgan fingerprint density at radius 3 is 2.66 bits per heavy atom. The van der Waals surface area contributed by atoms with Crippen LogP contribution in [0.5, 0.6) is 5.75 Å². The van der Waals surface area contributed by atoms with Crippen LogP contribution in [0.15, 0.2) is 60.8 Å². The van der Waals surface area contributed by atoms with E-state index >= 15 is 0 Å². The molecule has 2 aromatic carbocycles. The van der Waals surface area contributed by atoms with Crippen molar-refractivity contribution in [1.82, 2.24) is 14.9 Å². The third-order valence-corrected chi connectivity index (χ3v) is 5.69. The molecular formula is C24H28N4O. The highest BCUT2D eigenvalue weighted by Gasteiger charge is 2.25. The van der Waals surface area contributed by atoms with Crippen LogP contribution in [-0.4, -0.2) is 41.6 Å². The molecule has 1 aliphatic rings. The van der Waals surface area contributed by atoms with Crippen molar-refractivity contribution in [1.29, 1.82) is 0 Å². The van der Waals surface area contributed by atoms with Crippen LogP contribution in [0.3, 0.4) is 0 Å². The number of piperidine rings is 1. The van der Waals surface area contributed by atoms with E-state index in [2.05, 4.69) is 57.3 Å². The molecule has 5 nitrogen and oxygen atoms in total. The quantitative estimate of drug-likeness (QED) is 0.687. The number of likely N-dealkylation sites (tertiary alicyclic amines) is 1. The summed E-state index contributed by atoms with van der Waals surface area (Å²) in [6.07, 6.45) is 5.24. The normalized spacial score (nSPS) is 17.2. The van der Waals surface area contributed by atoms with Gasteiger partial charge in [0, 0.05) is 30.8 Å². The van der Waals surface area contributed by atoms with Gasteiger partial charge in [-0.15, -0.1) is 0 Å². The zero-order valence-electron chi connectivity index (χ0n) is 16.9. The van der Waals surface area contributed by atoms with Crippen LogP contribution in [0.4, 0.5) is 5.95 Å². The monoisotopic (exact) mass is 388 g/mol. The SMILES string of the molecule is COc1ccc(-c2cnc(N)nc2[C@@H]2CCCN(CCc3ccccc3)C2)cc1. The maximum atomic E-state index is 5.97. The van der Waals surface area contributed by atoms with Gasteiger partial charge in [0.25, 0.3) is 0 Å². The van der Waals surface area contributed by atoms with E-state index in [0.29, 0.717) is 11.9 Å². The van der Waals surface area contributed by atoms with Crippen molar-refractivity contribution in [3.63, 3.8) is 0 Å². The van der Waals surface area contributed by atoms with E-state index in [9.17, 15) is 0 Å². The summed E-state index contributed by atoms with van der Waals surface area (Å²) in [6.45, 7) is 3.22. The molecule has 29 heavy (non-hydrogen) atoms. The molecule has 1 aromatic heterocycles. The molecule has 1 saturated heterocycles. The Morgan fingerprint density at radius 2 is 1.90 bits per heavy atom. The fraction of sp³-hybridized carbons (Fsp3) is 0.333. The van der Waals surface area contributed by atoms with Crippen molar-refractivity contribution in [2.24, 2.45) is 0 Å². The van der Waals surface area contributed by atoms with Crippen molar-refractivity contribution in [2.45, 2.75) is 25.2 Å². The molecule has 5 heteroatoms. The maximum Gasteiger partial charge on any atom is 0.220 e. The van der Waals surface area contributed by atoms with Crippen LogP contribution in [0.1, 0.15) is 30.0 Å². The number of nitrogens with two attached hydrogens (primary N) is 1. The van der Waals surface area contributed by atoms with E-state index in [1.54, 1.807) is 7.11 Å². The molecule has 0 bridgehead atoms. The first-order valence-electron chi connectivity index (χ1n) is 10.3. The molecule has 0 unspecified atom stereocenters. The number of nitrogens with zero attached hydrogens (tertiary/aromatic N) is 3. The minimum Gasteiger partial charge on any atom is -0.497 e. The second kappa shape index (κ2) is 9.05. The van der Waals surface area contributed by atoms with Crippen molar-refractivity contribution < 1.29 is 4.74 Å². The summed E-state index contributed by atoms with van der Waals surface area (Å²) in [5.74, 6) is 1.55. The summed E-state index contributed by atoms with van der Waals surface area (Å²) in [5, 5.41) is 0. The highest BCUT2D eigenvalue weighted by molar-refractivity contribution is 5.67. The lowest BCUT2D eigenvalue weighted by Crippen LogP contribution is -2.36. The molecule has 4 rings (SSSR count). The van der Waals surface area contributed by atoms with Crippen molar-refractivity contribution >= 4 is 5.95 Å². The van der Waals surface area contributed by atoms with E-state index in [1.165, 1.54) is 12.0 Å². The van der Waals surface area contributed by atoms with Crippen molar-refractivity contribution in [3.05, 3.63) is 72.1 Å². The van der Waals surface area contributed by atoms with Crippen LogP contribution >= 0.6 is 0 Å². The minimum absolute atomic E-state index is 0.346. The van der Waals surface area contributed by atoms with Gasteiger partial charge in [-0.2, -0.15) is 0 Å². The summed E-state index contributed by atoms with van der Waals surface area (Å²) >= 11 is 0. The smallest absolute Gasteiger partial charge is 0.220 e. The molecule has 2 N–H and O–H groups in total. The van der Waals surface area contributed by atoms with Crippen molar-refractivity contribution in [3.8, 4) is 16.9 Å². The first-order chi connectivity index (χ1) is 14.2. The largest absolute Gasteiger partial charge is 0.497 e. The molecule has 0 radical (unpaired) electrons. The molecule has 0 aliphatic carbocycles. The Kier molecular flexibility index (Phi) is 6.06. The molecule has 2 heterocycles. The number of hydrogen-bond acceptors (Lipinski definition) is 5. The topological polar surface area (TPSA) is 64.3 Å². The molecule has 1 aliphatic heterocycles. The summed E-state index contributed by atoms with van der Waals surface area (Å²) in [4.78, 5) is 11.5. The average molecular weight is 389 g/mol. The Balaban J connectivity index is 1.52. The van der Waals surface area contributed by atoms with Gasteiger partial charge in [0.2, 0.25) is 5.95 Å². The highest BCUT2D eigenvalue weighted by atomic mass is 16.5. The van der Waals surface area contributed by atoms with Gasteiger partial charge in [-0.1, -0.05) is 42.5 Å². The van der Waals surface area contributed by atoms with Crippen molar-refractivity contribution in [2.75, 3.05) is 32.5 Å². The predicted octanol–water partition coefficient (Wildman–Crippen LogP) is 4.16. The standard InChI is InChI=1S/C24H28N4O/c1-29-21-11-9-19(10-12-21)22-16-26-24(25)27-23(22)20-8-5-14-28(17-20)15-13-18-6-3-2-4-7-18/h2-4,6-7,9-12,16,20H,5,8,13-15,17H2,1H3,(H2,25,26,27)/t20-/m1/s1. The average Bonchev–Trinajstić information content (AvgIpc) is 2.79. The summed E-state index contributed by atoms with van der Waals surface area (Å²) in [6, 6.07) is 18.8. The highest BCUT2D eigenvalue weighted by Crippen LogP contribution is 2.34. The number of methoxy groups -OCH3 is 1. The fourth-order valence-electron chi connectivity index (χ4n) is 4.13. The second-order valence-corrected chi connectivity index (χ2v) is 7.63. The predicted molar refractivity (Wildman–Crippen MR) is 117 cm³/mol. The van der Waals surface area contributed by atoms with E-state index in [4.69, 9.17) is 10.5 Å². The number of hydrogen-bond donors (Lipinski definition) is 1. The van der Waals surface area contributed by atoms with E-state index in [-0.39, 0.29) is 0 Å². The first-order valence-corrected chi connectivity index (χ1v) is 10.3. The molecule has 0 spiro atoms. The lowest BCUT2D eigenvalue weighted by molar-refractivity contribution is 0.208. The van der Waals surface area contributed by atoms with Gasteiger partial charge in [0.15, 0.2) is 0 Å². The van der Waals surface area contributed by atoms with E-state index in [1.807, 2.05) is 18.3 Å². The number of benzene rings is 2. The van der Waals surface area contributed by atoms with Gasteiger partial charge in [0.1, 0.15) is 5.75 Å². The van der Waals surface area contributed by atoms with Crippen LogP contribution in [0, 0.1) is 0 Å². The molecule has 3 aromatic rings. The van der Waals surface area contributed by atoms with Gasteiger partial charge in [-0.05, 0) is 49.1 Å². The number of ether oxygens (including phenoxy) is 1. The Bertz CT molecular complexity index is 927. The van der Waals surface area contributed by atoms with Gasteiger partial charge < -0.3 is 15.4 Å². The lowest BCUT2D eigenvalue weighted by Gasteiger charge is -2.33. The fourth-order valence-corrected chi connectivity index (χ4v) is 4.13. The van der Waals surface area contributed by atoms with Gasteiger partial charge >= 0.3 is 0 Å². The van der Waals surface area contributed by atoms with Crippen LogP contribution in [0.2, 0.25) is 0 Å². The lowest BCUT2D eigenvalue weighted by atomic mass is 9.89. The van der Waals surface area contributed by atoms with Gasteiger partial charge in [-0.25, -0.2) is 9.97 Å². The first kappa shape index (κ1) is 19.4. The van der Waals surface area contributed by atoms with Crippen LogP contribution in [0.25, 0.3) is 11.1 Å². The third kappa shape index (κ3) is 4.74. The summed E-state index contributed by atoms with van der Waals surface area (Å²) < 4.78 is 5.29. The number of rotatable bonds is 6. The Hall–Kier alpha value is -2.92. The summed E-state index contributed by atoms with van der Waals surface area (Å²) in [7, 11) is 1.68. The van der Waals surface area contributed by atoms with Crippen LogP contribution < -0.4 is 10.5 Å². The molecule has 0 saturated carbocycles. The Morgan fingerprint density at radius 1 is 1.10 bits per heavy atom. The van der Waals surface area contributed by atoms with Gasteiger partial charge in [-0.3, -0.25) is 0 Å². The number of aromatic nitrogens is 2. The molecule has 0 amide bonds. The second-order valence-electron chi connectivity index (χ2n) is 7.63. The zero-order chi connectivity index (χ0) is 20.1. The van der Waals surface area contributed by atoms with E-state index in [0.717, 1.165) is 55.0 Å². The Labute approximate surface area is 172 Å². The summed E-state index contributed by atoms with van der Waals surface area (Å²) in [5.41, 5.74) is 10.6. The maximum absolute atomic E-state index is 5.97. The van der Waals surface area contributed by atoms with Gasteiger partial charge in [0.05, 0.1) is 12.8 Å². The molecule has 1 fully saturated rings. The van der Waals surface area contributed by atoms with E-state index < -0.39 is 0 Å². The minimum atomic E-state index is 0.346. The zero-order valence-corrected chi connectivity index (χ0v) is 16.9. The number of nitrogen functional groups attached to an aromatic ring is 1. The molecule has 150 valence electrons. The van der Waals surface area contributed by atoms with Crippen LogP contribution in [-0.2, 0) is 6.42 Å². The number of anilines is 1.